The monoisotopic (exact) mass is 443 g/mol. The van der Waals surface area contributed by atoms with E-state index in [1.807, 2.05) is 31.2 Å². The van der Waals surface area contributed by atoms with Gasteiger partial charge in [0.25, 0.3) is 5.89 Å². The molecule has 2 aromatic carbocycles. The van der Waals surface area contributed by atoms with Crippen molar-refractivity contribution < 1.29 is 27.2 Å². The van der Waals surface area contributed by atoms with Crippen molar-refractivity contribution in [2.45, 2.75) is 20.0 Å². The smallest absolute Gasteiger partial charge is 0.338 e. The number of sulfonamides is 1. The van der Waals surface area contributed by atoms with Crippen molar-refractivity contribution in [2.75, 3.05) is 23.7 Å². The van der Waals surface area contributed by atoms with E-state index in [1.54, 1.807) is 18.2 Å². The lowest BCUT2D eigenvalue weighted by Gasteiger charge is -2.16. The summed E-state index contributed by atoms with van der Waals surface area (Å²) >= 11 is 0. The van der Waals surface area contributed by atoms with Gasteiger partial charge in [0.1, 0.15) is 5.75 Å². The lowest BCUT2D eigenvalue weighted by molar-refractivity contribution is 0.0429. The number of benzene rings is 2. The van der Waals surface area contributed by atoms with Gasteiger partial charge in [-0.1, -0.05) is 17.3 Å². The molecule has 0 aliphatic carbocycles. The van der Waals surface area contributed by atoms with Crippen LogP contribution < -0.4 is 9.04 Å². The van der Waals surface area contributed by atoms with Crippen molar-refractivity contribution in [3.8, 4) is 17.1 Å². The van der Waals surface area contributed by atoms with Gasteiger partial charge < -0.3 is 14.0 Å². The molecule has 1 aliphatic heterocycles. The third kappa shape index (κ3) is 4.38. The van der Waals surface area contributed by atoms with Gasteiger partial charge in [-0.15, -0.1) is 0 Å². The second-order valence-electron chi connectivity index (χ2n) is 6.95. The second kappa shape index (κ2) is 8.38. The molecule has 2 heterocycles. The Morgan fingerprint density at radius 2 is 2.03 bits per heavy atom. The van der Waals surface area contributed by atoms with Gasteiger partial charge in [0.15, 0.2) is 6.61 Å². The Bertz CT molecular complexity index is 1220. The lowest BCUT2D eigenvalue weighted by Crippen LogP contribution is -2.27. The number of hydrogen-bond donors (Lipinski definition) is 0. The van der Waals surface area contributed by atoms with Crippen LogP contribution in [0.4, 0.5) is 5.69 Å². The SMILES string of the molecule is CCOc1ccccc1-c1noc(COC(=O)c2ccc3c(c2)CCN3S(C)(=O)=O)n1. The quantitative estimate of drug-likeness (QED) is 0.513. The third-order valence-corrected chi connectivity index (χ3v) is 5.97. The van der Waals surface area contributed by atoms with Crippen LogP contribution in [-0.2, 0) is 27.8 Å². The Morgan fingerprint density at radius 3 is 2.81 bits per heavy atom. The number of rotatable bonds is 7. The molecule has 3 aromatic rings. The van der Waals surface area contributed by atoms with Crippen LogP contribution in [0.25, 0.3) is 11.4 Å². The Kier molecular flexibility index (Phi) is 5.64. The van der Waals surface area contributed by atoms with Crippen LogP contribution in [0.1, 0.15) is 28.7 Å². The van der Waals surface area contributed by atoms with E-state index in [1.165, 1.54) is 4.31 Å². The van der Waals surface area contributed by atoms with Gasteiger partial charge in [-0.05, 0) is 49.2 Å². The fourth-order valence-electron chi connectivity index (χ4n) is 3.41. The van der Waals surface area contributed by atoms with Crippen molar-refractivity contribution in [2.24, 2.45) is 0 Å². The Hall–Kier alpha value is -3.40. The molecule has 0 bridgehead atoms. The highest BCUT2D eigenvalue weighted by Crippen LogP contribution is 2.31. The fourth-order valence-corrected chi connectivity index (χ4v) is 4.37. The maximum Gasteiger partial charge on any atom is 0.338 e. The molecule has 0 saturated carbocycles. The summed E-state index contributed by atoms with van der Waals surface area (Å²) in [6, 6.07) is 12.1. The van der Waals surface area contributed by atoms with Gasteiger partial charge in [-0.3, -0.25) is 4.31 Å². The van der Waals surface area contributed by atoms with E-state index in [9.17, 15) is 13.2 Å². The lowest BCUT2D eigenvalue weighted by atomic mass is 10.1. The van der Waals surface area contributed by atoms with Crippen LogP contribution in [0.3, 0.4) is 0 Å². The summed E-state index contributed by atoms with van der Waals surface area (Å²) in [5.74, 6) is 0.568. The maximum absolute atomic E-state index is 12.4. The summed E-state index contributed by atoms with van der Waals surface area (Å²) in [6.07, 6.45) is 1.70. The highest BCUT2D eigenvalue weighted by Gasteiger charge is 2.27. The van der Waals surface area contributed by atoms with Crippen molar-refractivity contribution in [3.63, 3.8) is 0 Å². The molecule has 0 radical (unpaired) electrons. The molecule has 1 aromatic heterocycles. The highest BCUT2D eigenvalue weighted by atomic mass is 32.2. The molecule has 9 nitrogen and oxygen atoms in total. The zero-order chi connectivity index (χ0) is 22.0. The Balaban J connectivity index is 1.44. The van der Waals surface area contributed by atoms with E-state index >= 15 is 0 Å². The van der Waals surface area contributed by atoms with Gasteiger partial charge >= 0.3 is 5.97 Å². The van der Waals surface area contributed by atoms with Crippen molar-refractivity contribution >= 4 is 21.7 Å². The molecule has 0 spiro atoms. The maximum atomic E-state index is 12.4. The average molecular weight is 443 g/mol. The first-order valence-corrected chi connectivity index (χ1v) is 11.5. The largest absolute Gasteiger partial charge is 0.493 e. The number of para-hydroxylation sites is 1. The summed E-state index contributed by atoms with van der Waals surface area (Å²) in [5.41, 5.74) is 2.39. The number of hydrogen-bond acceptors (Lipinski definition) is 8. The van der Waals surface area contributed by atoms with Gasteiger partial charge in [0, 0.05) is 6.54 Å². The van der Waals surface area contributed by atoms with E-state index in [4.69, 9.17) is 14.0 Å². The van der Waals surface area contributed by atoms with E-state index < -0.39 is 16.0 Å². The molecule has 0 unspecified atom stereocenters. The number of carbonyl (C=O) groups excluding carboxylic acids is 1. The van der Waals surface area contributed by atoms with Gasteiger partial charge in [-0.2, -0.15) is 4.98 Å². The van der Waals surface area contributed by atoms with Crippen molar-refractivity contribution in [1.82, 2.24) is 10.1 Å². The number of aromatic nitrogens is 2. The first-order valence-electron chi connectivity index (χ1n) is 9.69. The zero-order valence-electron chi connectivity index (χ0n) is 17.1. The molecule has 0 amide bonds. The molecule has 31 heavy (non-hydrogen) atoms. The fraction of sp³-hybridized carbons (Fsp3) is 0.286. The van der Waals surface area contributed by atoms with E-state index in [0.29, 0.717) is 48.0 Å². The van der Waals surface area contributed by atoms with Gasteiger partial charge in [0.2, 0.25) is 15.8 Å². The number of esters is 1. The molecular formula is C21H21N3O6S. The first kappa shape index (κ1) is 20.9. The average Bonchev–Trinajstić information content (AvgIpc) is 3.39. The minimum absolute atomic E-state index is 0.152. The minimum Gasteiger partial charge on any atom is -0.493 e. The Labute approximate surface area is 179 Å². The van der Waals surface area contributed by atoms with Crippen LogP contribution in [0.5, 0.6) is 5.75 Å². The number of carbonyl (C=O) groups is 1. The minimum atomic E-state index is -3.34. The van der Waals surface area contributed by atoms with Crippen molar-refractivity contribution in [1.29, 1.82) is 0 Å². The van der Waals surface area contributed by atoms with Gasteiger partial charge in [0.05, 0.1) is 29.7 Å². The normalized spacial score (nSPS) is 13.2. The first-order chi connectivity index (χ1) is 14.9. The molecule has 0 N–H and O–H groups in total. The highest BCUT2D eigenvalue weighted by molar-refractivity contribution is 7.92. The van der Waals surface area contributed by atoms with Crippen molar-refractivity contribution in [3.05, 3.63) is 59.5 Å². The molecule has 162 valence electrons. The summed E-state index contributed by atoms with van der Waals surface area (Å²) < 4.78 is 41.1. The molecule has 0 saturated heterocycles. The van der Waals surface area contributed by atoms with Crippen LogP contribution in [-0.4, -0.2) is 43.9 Å². The molecule has 1 aliphatic rings. The third-order valence-electron chi connectivity index (χ3n) is 4.79. The number of nitrogens with zero attached hydrogens (tertiary/aromatic N) is 3. The van der Waals surface area contributed by atoms with E-state index in [0.717, 1.165) is 11.8 Å². The van der Waals surface area contributed by atoms with E-state index in [-0.39, 0.29) is 12.5 Å². The second-order valence-corrected chi connectivity index (χ2v) is 8.85. The van der Waals surface area contributed by atoms with E-state index in [2.05, 4.69) is 10.1 Å². The molecular weight excluding hydrogens is 422 g/mol. The predicted octanol–water partition coefficient (Wildman–Crippen LogP) is 2.81. The molecule has 4 rings (SSSR count). The Morgan fingerprint density at radius 1 is 1.23 bits per heavy atom. The van der Waals surface area contributed by atoms with Gasteiger partial charge in [-0.25, -0.2) is 13.2 Å². The summed E-state index contributed by atoms with van der Waals surface area (Å²) in [6.45, 7) is 2.56. The number of anilines is 1. The molecule has 0 fully saturated rings. The zero-order valence-corrected chi connectivity index (χ0v) is 17.9. The molecule has 0 atom stereocenters. The van der Waals surface area contributed by atoms with Crippen LogP contribution >= 0.6 is 0 Å². The van der Waals surface area contributed by atoms with Crippen LogP contribution in [0, 0.1) is 0 Å². The predicted molar refractivity (Wildman–Crippen MR) is 112 cm³/mol. The topological polar surface area (TPSA) is 112 Å². The summed E-state index contributed by atoms with van der Waals surface area (Å²) in [4.78, 5) is 16.7. The standard InChI is InChI=1S/C21H21N3O6S/c1-3-28-18-7-5-4-6-16(18)20-22-19(30-23-20)13-29-21(25)15-8-9-17-14(12-15)10-11-24(17)31(2,26)27/h4-9,12H,3,10-11,13H2,1-2H3. The van der Waals surface area contributed by atoms with Crippen LogP contribution in [0.15, 0.2) is 47.0 Å². The summed E-state index contributed by atoms with van der Waals surface area (Å²) in [5, 5.41) is 3.94. The van der Waals surface area contributed by atoms with Crippen LogP contribution in [0.2, 0.25) is 0 Å². The number of fused-ring (bicyclic) bond motifs is 1. The number of ether oxygens (including phenoxy) is 2. The molecule has 10 heteroatoms. The summed E-state index contributed by atoms with van der Waals surface area (Å²) in [7, 11) is -3.34.